The Labute approximate surface area is 135 Å². The molecule has 3 rings (SSSR count). The number of benzene rings is 1. The zero-order valence-corrected chi connectivity index (χ0v) is 13.1. The van der Waals surface area contributed by atoms with E-state index in [2.05, 4.69) is 4.98 Å². The van der Waals surface area contributed by atoms with Crippen LogP contribution in [0, 0.1) is 24.4 Å². The van der Waals surface area contributed by atoms with Gasteiger partial charge in [-0.25, -0.2) is 18.2 Å². The molecule has 0 saturated carbocycles. The molecule has 0 saturated heterocycles. The number of hydrogen-bond acceptors (Lipinski definition) is 3. The maximum atomic E-state index is 13.8. The summed E-state index contributed by atoms with van der Waals surface area (Å²) in [4.78, 5) is 30.2. The molecular formula is C16H14F3N3O2. The van der Waals surface area contributed by atoms with E-state index >= 15 is 0 Å². The predicted octanol–water partition coefficient (Wildman–Crippen LogP) is 1.70. The Hall–Kier alpha value is -2.64. The summed E-state index contributed by atoms with van der Waals surface area (Å²) >= 11 is 0. The third kappa shape index (κ3) is 2.57. The molecule has 2 heterocycles. The summed E-state index contributed by atoms with van der Waals surface area (Å²) in [5.41, 5.74) is -0.211. The van der Waals surface area contributed by atoms with E-state index in [4.69, 9.17) is 0 Å². The van der Waals surface area contributed by atoms with Crippen molar-refractivity contribution < 1.29 is 18.0 Å². The van der Waals surface area contributed by atoms with Crippen molar-refractivity contribution >= 4 is 5.91 Å². The van der Waals surface area contributed by atoms with Crippen molar-refractivity contribution in [3.63, 3.8) is 0 Å². The van der Waals surface area contributed by atoms with Crippen LogP contribution < -0.4 is 5.56 Å². The van der Waals surface area contributed by atoms with Crippen LogP contribution in [0.5, 0.6) is 0 Å². The molecule has 1 aromatic carbocycles. The lowest BCUT2D eigenvalue weighted by atomic mass is 10.0. The highest BCUT2D eigenvalue weighted by atomic mass is 19.1. The van der Waals surface area contributed by atoms with Gasteiger partial charge in [-0.1, -0.05) is 0 Å². The van der Waals surface area contributed by atoms with Crippen LogP contribution in [-0.2, 0) is 20.0 Å². The molecule has 0 N–H and O–H groups in total. The Morgan fingerprint density at radius 1 is 1.21 bits per heavy atom. The van der Waals surface area contributed by atoms with Gasteiger partial charge in [0.05, 0.1) is 17.8 Å². The number of carbonyl (C=O) groups is 1. The molecule has 1 aliphatic rings. The Morgan fingerprint density at radius 3 is 2.46 bits per heavy atom. The molecule has 1 aliphatic heterocycles. The fraction of sp³-hybridized carbons (Fsp3) is 0.312. The zero-order valence-electron chi connectivity index (χ0n) is 13.1. The lowest BCUT2D eigenvalue weighted by Gasteiger charge is -2.28. The number of amides is 1. The van der Waals surface area contributed by atoms with E-state index in [0.717, 1.165) is 0 Å². The lowest BCUT2D eigenvalue weighted by molar-refractivity contribution is 0.0722. The van der Waals surface area contributed by atoms with Gasteiger partial charge < -0.3 is 4.90 Å². The van der Waals surface area contributed by atoms with Gasteiger partial charge in [0.1, 0.15) is 28.8 Å². The van der Waals surface area contributed by atoms with Gasteiger partial charge >= 0.3 is 0 Å². The van der Waals surface area contributed by atoms with E-state index in [9.17, 15) is 22.8 Å². The highest BCUT2D eigenvalue weighted by Crippen LogP contribution is 2.21. The van der Waals surface area contributed by atoms with E-state index in [1.807, 2.05) is 0 Å². The van der Waals surface area contributed by atoms with Gasteiger partial charge in [0.15, 0.2) is 0 Å². The summed E-state index contributed by atoms with van der Waals surface area (Å²) in [5, 5.41) is 0. The van der Waals surface area contributed by atoms with Gasteiger partial charge in [-0.15, -0.1) is 0 Å². The molecule has 0 fully saturated rings. The van der Waals surface area contributed by atoms with Crippen molar-refractivity contribution in [2.24, 2.45) is 7.05 Å². The largest absolute Gasteiger partial charge is 0.333 e. The molecule has 1 aromatic heterocycles. The molecule has 0 unspecified atom stereocenters. The van der Waals surface area contributed by atoms with Crippen molar-refractivity contribution in [3.8, 4) is 0 Å². The van der Waals surface area contributed by atoms with Gasteiger partial charge in [0.25, 0.3) is 11.5 Å². The minimum atomic E-state index is -1.27. The monoisotopic (exact) mass is 337 g/mol. The Kier molecular flexibility index (Phi) is 3.90. The number of halogens is 3. The first-order valence-electron chi connectivity index (χ1n) is 7.28. The molecule has 126 valence electrons. The van der Waals surface area contributed by atoms with Gasteiger partial charge in [0.2, 0.25) is 0 Å². The van der Waals surface area contributed by atoms with E-state index in [0.29, 0.717) is 35.6 Å². The van der Waals surface area contributed by atoms with Crippen LogP contribution in [0.15, 0.2) is 16.9 Å². The number of aromatic nitrogens is 2. The summed E-state index contributed by atoms with van der Waals surface area (Å²) in [6.45, 7) is 1.77. The van der Waals surface area contributed by atoms with Crippen LogP contribution >= 0.6 is 0 Å². The first kappa shape index (κ1) is 16.2. The van der Waals surface area contributed by atoms with Crippen molar-refractivity contribution in [3.05, 3.63) is 62.6 Å². The fourth-order valence-electron chi connectivity index (χ4n) is 2.77. The van der Waals surface area contributed by atoms with Crippen molar-refractivity contribution in [1.82, 2.24) is 14.5 Å². The van der Waals surface area contributed by atoms with Crippen LogP contribution in [-0.4, -0.2) is 26.9 Å². The van der Waals surface area contributed by atoms with Crippen LogP contribution in [0.2, 0.25) is 0 Å². The normalized spacial score (nSPS) is 13.8. The molecule has 2 aromatic rings. The van der Waals surface area contributed by atoms with Crippen LogP contribution in [0.4, 0.5) is 13.2 Å². The summed E-state index contributed by atoms with van der Waals surface area (Å²) in [7, 11) is 1.56. The first-order chi connectivity index (χ1) is 11.3. The van der Waals surface area contributed by atoms with Gasteiger partial charge in [-0.05, 0) is 6.92 Å². The maximum absolute atomic E-state index is 13.8. The molecular weight excluding hydrogens is 323 g/mol. The Morgan fingerprint density at radius 2 is 1.83 bits per heavy atom. The van der Waals surface area contributed by atoms with Gasteiger partial charge in [-0.2, -0.15) is 0 Å². The van der Waals surface area contributed by atoms with Crippen molar-refractivity contribution in [1.29, 1.82) is 0 Å². The van der Waals surface area contributed by atoms with Crippen molar-refractivity contribution in [2.45, 2.75) is 19.9 Å². The lowest BCUT2D eigenvalue weighted by Crippen LogP contribution is -2.41. The molecule has 5 nitrogen and oxygen atoms in total. The number of nitrogens with zero attached hydrogens (tertiary/aromatic N) is 3. The minimum absolute atomic E-state index is 0.0929. The number of fused-ring (bicyclic) bond motifs is 1. The first-order valence-corrected chi connectivity index (χ1v) is 7.28. The molecule has 0 spiro atoms. The molecule has 1 amide bonds. The maximum Gasteiger partial charge on any atom is 0.260 e. The summed E-state index contributed by atoms with van der Waals surface area (Å²) in [6, 6.07) is 0.913. The highest BCUT2D eigenvalue weighted by molar-refractivity contribution is 5.94. The number of hydrogen-bond donors (Lipinski definition) is 0. The fourth-order valence-corrected chi connectivity index (χ4v) is 2.77. The minimum Gasteiger partial charge on any atom is -0.333 e. The van der Waals surface area contributed by atoms with Crippen LogP contribution in [0.1, 0.15) is 27.4 Å². The van der Waals surface area contributed by atoms with E-state index in [1.54, 1.807) is 14.0 Å². The summed E-state index contributed by atoms with van der Waals surface area (Å²) in [6.07, 6.45) is 0.308. The predicted molar refractivity (Wildman–Crippen MR) is 79.0 cm³/mol. The smallest absolute Gasteiger partial charge is 0.260 e. The topological polar surface area (TPSA) is 55.2 Å². The summed E-state index contributed by atoms with van der Waals surface area (Å²) < 4.78 is 41.9. The zero-order chi connectivity index (χ0) is 17.6. The van der Waals surface area contributed by atoms with E-state index < -0.39 is 28.9 Å². The van der Waals surface area contributed by atoms with Crippen LogP contribution in [0.25, 0.3) is 0 Å². The summed E-state index contributed by atoms with van der Waals surface area (Å²) in [5.74, 6) is -4.00. The van der Waals surface area contributed by atoms with Crippen molar-refractivity contribution in [2.75, 3.05) is 6.54 Å². The quantitative estimate of drug-likeness (QED) is 0.796. The second kappa shape index (κ2) is 5.77. The van der Waals surface area contributed by atoms with Gasteiger partial charge in [-0.3, -0.25) is 14.2 Å². The van der Waals surface area contributed by atoms with E-state index in [-0.39, 0.29) is 18.6 Å². The molecule has 0 bridgehead atoms. The highest BCUT2D eigenvalue weighted by Gasteiger charge is 2.29. The second-order valence-corrected chi connectivity index (χ2v) is 5.67. The number of aryl methyl sites for hydroxylation is 1. The SMILES string of the molecule is Cc1nc2c(c(=O)n1C)CN(C(=O)c1c(F)cc(F)cc1F)CC2. The Bertz CT molecular complexity index is 885. The molecule has 0 radical (unpaired) electrons. The molecule has 8 heteroatoms. The molecule has 24 heavy (non-hydrogen) atoms. The van der Waals surface area contributed by atoms with E-state index in [1.165, 1.54) is 9.47 Å². The average Bonchev–Trinajstić information content (AvgIpc) is 2.51. The number of rotatable bonds is 1. The average molecular weight is 337 g/mol. The second-order valence-electron chi connectivity index (χ2n) is 5.67. The molecule has 0 aliphatic carbocycles. The molecule has 0 atom stereocenters. The Balaban J connectivity index is 1.98. The number of carbonyl (C=O) groups excluding carboxylic acids is 1. The van der Waals surface area contributed by atoms with Gasteiger partial charge in [0, 0.05) is 32.1 Å². The third-order valence-corrected chi connectivity index (χ3v) is 4.17. The third-order valence-electron chi connectivity index (χ3n) is 4.17. The standard InChI is InChI=1S/C16H14F3N3O2/c1-8-20-13-3-4-22(7-10(13)15(23)21(8)2)16(24)14-11(18)5-9(17)6-12(14)19/h5-6H,3-4,7H2,1-2H3. The van der Waals surface area contributed by atoms with Crippen LogP contribution in [0.3, 0.4) is 0 Å².